The first-order valence-corrected chi connectivity index (χ1v) is 6.20. The number of phenolic OH excluding ortho intramolecular Hbond substituents is 1. The van der Waals surface area contributed by atoms with Crippen LogP contribution in [-0.2, 0) is 6.42 Å². The number of carbonyl (C=O) groups excluding carboxylic acids is 1. The monoisotopic (exact) mass is 276 g/mol. The lowest BCUT2D eigenvalue weighted by molar-refractivity contribution is 0.0954. The van der Waals surface area contributed by atoms with Crippen LogP contribution in [0.3, 0.4) is 0 Å². The Balaban J connectivity index is 1.89. The van der Waals surface area contributed by atoms with Crippen LogP contribution in [0.2, 0.25) is 5.02 Å². The second-order valence-corrected chi connectivity index (χ2v) is 4.44. The zero-order valence-electron chi connectivity index (χ0n) is 10.1. The molecule has 1 aromatic carbocycles. The number of rotatable bonds is 4. The second kappa shape index (κ2) is 6.20. The maximum Gasteiger partial charge on any atom is 0.251 e. The predicted octanol–water partition coefficient (Wildman–Crippen LogP) is 2.41. The molecule has 0 saturated carbocycles. The number of halogens is 1. The van der Waals surface area contributed by atoms with Crippen molar-refractivity contribution in [2.45, 2.75) is 6.42 Å². The van der Waals surface area contributed by atoms with Crippen molar-refractivity contribution in [3.8, 4) is 5.75 Å². The van der Waals surface area contributed by atoms with Crippen molar-refractivity contribution in [2.24, 2.45) is 0 Å². The van der Waals surface area contributed by atoms with Crippen molar-refractivity contribution >= 4 is 17.5 Å². The number of nitrogens with zero attached hydrogens (tertiary/aromatic N) is 1. The van der Waals surface area contributed by atoms with Gasteiger partial charge in [0.25, 0.3) is 5.91 Å². The van der Waals surface area contributed by atoms with Crippen molar-refractivity contribution in [2.75, 3.05) is 6.54 Å². The van der Waals surface area contributed by atoms with Gasteiger partial charge >= 0.3 is 0 Å². The summed E-state index contributed by atoms with van der Waals surface area (Å²) in [4.78, 5) is 15.8. The predicted molar refractivity (Wildman–Crippen MR) is 73.4 cm³/mol. The minimum absolute atomic E-state index is 0.0337. The van der Waals surface area contributed by atoms with Gasteiger partial charge in [-0.1, -0.05) is 17.7 Å². The molecule has 1 heterocycles. The molecule has 1 amide bonds. The van der Waals surface area contributed by atoms with Crippen LogP contribution in [-0.4, -0.2) is 22.5 Å². The number of hydrogen-bond acceptors (Lipinski definition) is 3. The molecule has 0 aliphatic carbocycles. The zero-order chi connectivity index (χ0) is 13.7. The Hall–Kier alpha value is -2.07. The summed E-state index contributed by atoms with van der Waals surface area (Å²) in [5, 5.41) is 12.2. The van der Waals surface area contributed by atoms with Gasteiger partial charge in [0.1, 0.15) is 5.75 Å². The van der Waals surface area contributed by atoms with Gasteiger partial charge < -0.3 is 10.4 Å². The highest BCUT2D eigenvalue weighted by Crippen LogP contribution is 2.23. The molecule has 0 aliphatic rings. The SMILES string of the molecule is O=C(NCCc1cccnc1)c1ccc(O)c(Cl)c1. The van der Waals surface area contributed by atoms with Crippen LogP contribution in [0.4, 0.5) is 0 Å². The summed E-state index contributed by atoms with van der Waals surface area (Å²) in [7, 11) is 0. The molecule has 2 aromatic rings. The molecule has 0 aliphatic heterocycles. The lowest BCUT2D eigenvalue weighted by atomic mass is 10.2. The highest BCUT2D eigenvalue weighted by atomic mass is 35.5. The van der Waals surface area contributed by atoms with Crippen LogP contribution in [0, 0.1) is 0 Å². The Morgan fingerprint density at radius 3 is 2.89 bits per heavy atom. The van der Waals surface area contributed by atoms with E-state index < -0.39 is 0 Å². The molecule has 0 saturated heterocycles. The van der Waals surface area contributed by atoms with Crippen molar-refractivity contribution in [1.82, 2.24) is 10.3 Å². The lowest BCUT2D eigenvalue weighted by Gasteiger charge is -2.06. The molecule has 0 fully saturated rings. The molecule has 0 radical (unpaired) electrons. The van der Waals surface area contributed by atoms with Crippen LogP contribution >= 0.6 is 11.6 Å². The van der Waals surface area contributed by atoms with Gasteiger partial charge in [-0.3, -0.25) is 9.78 Å². The van der Waals surface area contributed by atoms with Gasteiger partial charge in [-0.2, -0.15) is 0 Å². The molecule has 0 bridgehead atoms. The topological polar surface area (TPSA) is 62.2 Å². The number of pyridine rings is 1. The fourth-order valence-electron chi connectivity index (χ4n) is 1.62. The number of amides is 1. The minimum Gasteiger partial charge on any atom is -0.506 e. The summed E-state index contributed by atoms with van der Waals surface area (Å²) in [5.41, 5.74) is 1.49. The average Bonchev–Trinajstić information content (AvgIpc) is 2.43. The Bertz CT molecular complexity index is 573. The van der Waals surface area contributed by atoms with E-state index in [4.69, 9.17) is 11.6 Å². The number of benzene rings is 1. The fourth-order valence-corrected chi connectivity index (χ4v) is 1.80. The maximum atomic E-state index is 11.8. The van der Waals surface area contributed by atoms with Crippen LogP contribution < -0.4 is 5.32 Å². The number of phenols is 1. The van der Waals surface area contributed by atoms with Gasteiger partial charge in [0.2, 0.25) is 0 Å². The Morgan fingerprint density at radius 1 is 1.37 bits per heavy atom. The van der Waals surface area contributed by atoms with Crippen LogP contribution in [0.15, 0.2) is 42.7 Å². The molecule has 1 aromatic heterocycles. The number of carbonyl (C=O) groups is 1. The number of aromatic nitrogens is 1. The van der Waals surface area contributed by atoms with Gasteiger partial charge in [-0.15, -0.1) is 0 Å². The first-order chi connectivity index (χ1) is 9.16. The third-order valence-electron chi connectivity index (χ3n) is 2.63. The molecule has 2 rings (SSSR count). The van der Waals surface area contributed by atoms with Crippen LogP contribution in [0.5, 0.6) is 5.75 Å². The maximum absolute atomic E-state index is 11.8. The molecular formula is C14H13ClN2O2. The van der Waals surface area contributed by atoms with E-state index in [0.717, 1.165) is 5.56 Å². The first-order valence-electron chi connectivity index (χ1n) is 5.82. The van der Waals surface area contributed by atoms with Crippen molar-refractivity contribution in [1.29, 1.82) is 0 Å². The van der Waals surface area contributed by atoms with E-state index >= 15 is 0 Å². The van der Waals surface area contributed by atoms with E-state index in [2.05, 4.69) is 10.3 Å². The Morgan fingerprint density at radius 2 is 2.21 bits per heavy atom. The van der Waals surface area contributed by atoms with Gasteiger partial charge in [-0.25, -0.2) is 0 Å². The Kier molecular flexibility index (Phi) is 4.36. The quantitative estimate of drug-likeness (QED) is 0.901. The lowest BCUT2D eigenvalue weighted by Crippen LogP contribution is -2.25. The van der Waals surface area contributed by atoms with Crippen LogP contribution in [0.1, 0.15) is 15.9 Å². The van der Waals surface area contributed by atoms with Crippen LogP contribution in [0.25, 0.3) is 0 Å². The molecule has 0 atom stereocenters. The molecule has 0 spiro atoms. The van der Waals surface area contributed by atoms with E-state index in [1.54, 1.807) is 12.4 Å². The highest BCUT2D eigenvalue weighted by Gasteiger charge is 2.07. The van der Waals surface area contributed by atoms with Crippen molar-refractivity contribution in [3.05, 3.63) is 58.9 Å². The molecule has 98 valence electrons. The summed E-state index contributed by atoms with van der Waals surface area (Å²) in [5.74, 6) is -0.251. The van der Waals surface area contributed by atoms with Gasteiger partial charge in [0, 0.05) is 24.5 Å². The molecule has 2 N–H and O–H groups in total. The first kappa shape index (κ1) is 13.4. The molecule has 19 heavy (non-hydrogen) atoms. The van der Waals surface area contributed by atoms with Gasteiger partial charge in [0.05, 0.1) is 5.02 Å². The summed E-state index contributed by atoms with van der Waals surface area (Å²) in [6, 6.07) is 8.18. The summed E-state index contributed by atoms with van der Waals surface area (Å²) < 4.78 is 0. The van der Waals surface area contributed by atoms with Gasteiger partial charge in [0.15, 0.2) is 0 Å². The second-order valence-electron chi connectivity index (χ2n) is 4.03. The third-order valence-corrected chi connectivity index (χ3v) is 2.93. The van der Waals surface area contributed by atoms with E-state index in [0.29, 0.717) is 18.5 Å². The summed E-state index contributed by atoms with van der Waals surface area (Å²) in [6.45, 7) is 0.517. The molecule has 4 nitrogen and oxygen atoms in total. The molecule has 5 heteroatoms. The van der Waals surface area contributed by atoms with E-state index in [-0.39, 0.29) is 16.7 Å². The minimum atomic E-state index is -0.217. The highest BCUT2D eigenvalue weighted by molar-refractivity contribution is 6.32. The third kappa shape index (κ3) is 3.69. The standard InChI is InChI=1S/C14H13ClN2O2/c15-12-8-11(3-4-13(12)18)14(19)17-7-5-10-2-1-6-16-9-10/h1-4,6,8-9,18H,5,7H2,(H,17,19). The average molecular weight is 277 g/mol. The van der Waals surface area contributed by atoms with E-state index in [1.807, 2.05) is 12.1 Å². The summed E-state index contributed by atoms with van der Waals surface area (Å²) in [6.07, 6.45) is 4.19. The summed E-state index contributed by atoms with van der Waals surface area (Å²) >= 11 is 5.75. The van der Waals surface area contributed by atoms with E-state index in [1.165, 1.54) is 18.2 Å². The largest absolute Gasteiger partial charge is 0.506 e. The molecule has 0 unspecified atom stereocenters. The number of aromatic hydroxyl groups is 1. The zero-order valence-corrected chi connectivity index (χ0v) is 10.9. The normalized spacial score (nSPS) is 10.2. The molecular weight excluding hydrogens is 264 g/mol. The van der Waals surface area contributed by atoms with Crippen molar-refractivity contribution in [3.63, 3.8) is 0 Å². The van der Waals surface area contributed by atoms with Crippen molar-refractivity contribution < 1.29 is 9.90 Å². The fraction of sp³-hybridized carbons (Fsp3) is 0.143. The van der Waals surface area contributed by atoms with Gasteiger partial charge in [-0.05, 0) is 36.2 Å². The number of hydrogen-bond donors (Lipinski definition) is 2. The number of nitrogens with one attached hydrogen (secondary N) is 1. The van der Waals surface area contributed by atoms with E-state index in [9.17, 15) is 9.90 Å². The Labute approximate surface area is 116 Å². The smallest absolute Gasteiger partial charge is 0.251 e.